The minimum atomic E-state index is -1.19. The van der Waals surface area contributed by atoms with Crippen LogP contribution < -0.4 is 0 Å². The summed E-state index contributed by atoms with van der Waals surface area (Å²) in [5.41, 5.74) is 2.50. The molecule has 0 amide bonds. The molecule has 0 bridgehead atoms. The number of aromatic carboxylic acids is 2. The van der Waals surface area contributed by atoms with E-state index in [1.165, 1.54) is 0 Å². The van der Waals surface area contributed by atoms with E-state index < -0.39 is 11.9 Å². The topological polar surface area (TPSA) is 156 Å². The number of benzene rings is 1. The van der Waals surface area contributed by atoms with Gasteiger partial charge in [0.05, 0.1) is 11.1 Å². The van der Waals surface area contributed by atoms with Gasteiger partial charge in [-0.1, -0.05) is 0 Å². The van der Waals surface area contributed by atoms with Crippen molar-refractivity contribution >= 4 is 24.1 Å². The summed E-state index contributed by atoms with van der Waals surface area (Å²) in [4.78, 5) is 38.9. The predicted octanol–water partition coefficient (Wildman–Crippen LogP) is 2.12. The van der Waals surface area contributed by atoms with Crippen molar-refractivity contribution in [3.05, 3.63) is 33.4 Å². The molecule has 0 atom stereocenters. The third kappa shape index (κ3) is 5.13. The van der Waals surface area contributed by atoms with E-state index in [4.69, 9.17) is 30.6 Å². The molecule has 0 unspecified atom stereocenters. The maximum absolute atomic E-state index is 11.1. The van der Waals surface area contributed by atoms with Gasteiger partial charge in [-0.25, -0.2) is 30.0 Å². The number of isocyanates is 2. The quantitative estimate of drug-likeness (QED) is 0.484. The fourth-order valence-electron chi connectivity index (χ4n) is 1.85. The van der Waals surface area contributed by atoms with Gasteiger partial charge in [-0.15, -0.1) is 0 Å². The smallest absolute Gasteiger partial charge is 0.336 e. The van der Waals surface area contributed by atoms with E-state index >= 15 is 0 Å². The summed E-state index contributed by atoms with van der Waals surface area (Å²) in [5, 5.41) is 28.9. The monoisotopic (exact) mass is 308 g/mol. The van der Waals surface area contributed by atoms with Gasteiger partial charge in [0.1, 0.15) is 0 Å². The van der Waals surface area contributed by atoms with Gasteiger partial charge < -0.3 is 10.2 Å². The van der Waals surface area contributed by atoms with Crippen LogP contribution in [0.1, 0.15) is 43.0 Å². The molecule has 0 saturated carbocycles. The van der Waals surface area contributed by atoms with Crippen molar-refractivity contribution in [1.82, 2.24) is 0 Å². The average molecular weight is 308 g/mol. The van der Waals surface area contributed by atoms with Crippen LogP contribution in [-0.2, 0) is 9.59 Å². The molecule has 8 heteroatoms. The van der Waals surface area contributed by atoms with Gasteiger partial charge in [0.25, 0.3) is 0 Å². The van der Waals surface area contributed by atoms with Crippen molar-refractivity contribution < 1.29 is 29.4 Å². The Labute approximate surface area is 126 Å². The van der Waals surface area contributed by atoms with Crippen LogP contribution in [0.5, 0.6) is 0 Å². The lowest BCUT2D eigenvalue weighted by molar-refractivity contribution is 0.0650. The largest absolute Gasteiger partial charge is 0.478 e. The molecule has 0 spiro atoms. The molecule has 1 aromatic carbocycles. The Balaban J connectivity index is 0. The summed E-state index contributed by atoms with van der Waals surface area (Å²) in [7, 11) is 0. The van der Waals surface area contributed by atoms with Gasteiger partial charge in [0, 0.05) is 0 Å². The summed E-state index contributed by atoms with van der Waals surface area (Å²) >= 11 is 0. The molecule has 0 saturated heterocycles. The number of carbonyl (C=O) groups excluding carboxylic acids is 2. The SMILES string of the molecule is Cc1c(C)c(C)c(C(=O)O)c(C(=O)O)c1C.N=C=O.N=C=O. The fourth-order valence-corrected chi connectivity index (χ4v) is 1.85. The molecule has 0 heterocycles. The van der Waals surface area contributed by atoms with Crippen molar-refractivity contribution in [1.29, 1.82) is 10.8 Å². The first-order valence-electron chi connectivity index (χ1n) is 5.76. The van der Waals surface area contributed by atoms with Crippen LogP contribution in [0.3, 0.4) is 0 Å². The lowest BCUT2D eigenvalue weighted by atomic mass is 9.89. The Bertz CT molecular complexity index is 595. The highest BCUT2D eigenvalue weighted by atomic mass is 16.4. The van der Waals surface area contributed by atoms with Crippen molar-refractivity contribution in [2.24, 2.45) is 0 Å². The standard InChI is InChI=1S/C12H14O4.2CHNO/c1-5-6(2)8(4)10(12(15)16)9(7(5)3)11(13)14;2*2-1-3/h1-4H3,(H,13,14)(H,15,16);2*2H. The van der Waals surface area contributed by atoms with Crippen molar-refractivity contribution in [3.63, 3.8) is 0 Å². The summed E-state index contributed by atoms with van der Waals surface area (Å²) in [5.74, 6) is -2.39. The molecule has 0 aliphatic carbocycles. The first-order chi connectivity index (χ1) is 10.1. The van der Waals surface area contributed by atoms with E-state index in [9.17, 15) is 9.59 Å². The van der Waals surface area contributed by atoms with Gasteiger partial charge in [0.15, 0.2) is 0 Å². The maximum Gasteiger partial charge on any atom is 0.336 e. The van der Waals surface area contributed by atoms with Gasteiger partial charge >= 0.3 is 11.9 Å². The molecule has 0 fully saturated rings. The Morgan fingerprint density at radius 2 is 0.909 bits per heavy atom. The van der Waals surface area contributed by atoms with Crippen LogP contribution in [0, 0.1) is 38.5 Å². The number of hydrogen-bond donors (Lipinski definition) is 4. The molecule has 1 rings (SSSR count). The van der Waals surface area contributed by atoms with Gasteiger partial charge in [-0.05, 0) is 49.9 Å². The van der Waals surface area contributed by atoms with Gasteiger partial charge in [0.2, 0.25) is 12.2 Å². The summed E-state index contributed by atoms with van der Waals surface area (Å²) in [6, 6.07) is 0. The summed E-state index contributed by atoms with van der Waals surface area (Å²) in [6.45, 7) is 6.88. The van der Waals surface area contributed by atoms with E-state index in [0.717, 1.165) is 23.3 Å². The fraction of sp³-hybridized carbons (Fsp3) is 0.286. The average Bonchev–Trinajstić information content (AvgIpc) is 2.41. The van der Waals surface area contributed by atoms with Gasteiger partial charge in [-0.2, -0.15) is 0 Å². The van der Waals surface area contributed by atoms with Crippen LogP contribution >= 0.6 is 0 Å². The molecular weight excluding hydrogens is 292 g/mol. The van der Waals surface area contributed by atoms with Crippen LogP contribution in [0.4, 0.5) is 0 Å². The number of nitrogens with one attached hydrogen (secondary N) is 2. The Kier molecular flexibility index (Phi) is 9.42. The number of hydrogen-bond acceptors (Lipinski definition) is 6. The first-order valence-corrected chi connectivity index (χ1v) is 5.76. The minimum absolute atomic E-state index is 0.104. The van der Waals surface area contributed by atoms with Crippen LogP contribution in [-0.4, -0.2) is 34.3 Å². The molecule has 0 aliphatic rings. The molecule has 0 radical (unpaired) electrons. The van der Waals surface area contributed by atoms with E-state index in [-0.39, 0.29) is 11.1 Å². The maximum atomic E-state index is 11.1. The molecule has 8 nitrogen and oxygen atoms in total. The molecule has 0 aliphatic heterocycles. The molecule has 118 valence electrons. The highest BCUT2D eigenvalue weighted by Crippen LogP contribution is 2.26. The molecular formula is C14H16N2O6. The van der Waals surface area contributed by atoms with E-state index in [1.807, 2.05) is 0 Å². The molecule has 22 heavy (non-hydrogen) atoms. The highest BCUT2D eigenvalue weighted by Gasteiger charge is 2.24. The van der Waals surface area contributed by atoms with Crippen molar-refractivity contribution in [3.8, 4) is 0 Å². The zero-order chi connectivity index (χ0) is 18.0. The molecule has 4 N–H and O–H groups in total. The molecule has 1 aromatic rings. The Morgan fingerprint density at radius 3 is 1.05 bits per heavy atom. The number of carbonyl (C=O) groups is 2. The third-order valence-corrected chi connectivity index (χ3v) is 3.12. The van der Waals surface area contributed by atoms with Gasteiger partial charge in [-0.3, -0.25) is 0 Å². The Hall–Kier alpha value is -3.08. The summed E-state index contributed by atoms with van der Waals surface area (Å²) < 4.78 is 0. The lowest BCUT2D eigenvalue weighted by Crippen LogP contribution is -2.15. The highest BCUT2D eigenvalue weighted by molar-refractivity contribution is 6.04. The van der Waals surface area contributed by atoms with Crippen LogP contribution in [0.25, 0.3) is 0 Å². The van der Waals surface area contributed by atoms with Crippen molar-refractivity contribution in [2.45, 2.75) is 27.7 Å². The number of carboxylic acid groups (broad SMARTS) is 2. The number of rotatable bonds is 2. The predicted molar refractivity (Wildman–Crippen MR) is 76.1 cm³/mol. The first kappa shape index (κ1) is 21.2. The van der Waals surface area contributed by atoms with Crippen LogP contribution in [0.2, 0.25) is 0 Å². The molecule has 0 aromatic heterocycles. The second-order valence-corrected chi connectivity index (χ2v) is 4.06. The van der Waals surface area contributed by atoms with E-state index in [1.54, 1.807) is 27.7 Å². The van der Waals surface area contributed by atoms with E-state index in [0.29, 0.717) is 11.1 Å². The van der Waals surface area contributed by atoms with Crippen LogP contribution in [0.15, 0.2) is 0 Å². The lowest BCUT2D eigenvalue weighted by Gasteiger charge is -2.15. The zero-order valence-corrected chi connectivity index (χ0v) is 12.5. The normalized spacial score (nSPS) is 8.18. The second kappa shape index (κ2) is 9.77. The zero-order valence-electron chi connectivity index (χ0n) is 12.5. The van der Waals surface area contributed by atoms with Crippen molar-refractivity contribution in [2.75, 3.05) is 0 Å². The number of carboxylic acids is 2. The summed E-state index contributed by atoms with van der Waals surface area (Å²) in [6.07, 6.45) is 1.50. The minimum Gasteiger partial charge on any atom is -0.478 e. The Morgan fingerprint density at radius 1 is 0.727 bits per heavy atom. The second-order valence-electron chi connectivity index (χ2n) is 4.06. The van der Waals surface area contributed by atoms with E-state index in [2.05, 4.69) is 0 Å². The third-order valence-electron chi connectivity index (χ3n) is 3.12.